The Bertz CT molecular complexity index is 200. The predicted octanol–water partition coefficient (Wildman–Crippen LogP) is 2.84. The molecule has 3 atom stereocenters. The number of rotatable bonds is 2. The molecule has 1 N–H and O–H groups in total. The zero-order chi connectivity index (χ0) is 9.53. The molecule has 1 aliphatic carbocycles. The first-order valence-electron chi connectivity index (χ1n) is 5.57. The van der Waals surface area contributed by atoms with Crippen molar-refractivity contribution >= 4 is 0 Å². The van der Waals surface area contributed by atoms with Crippen molar-refractivity contribution in [2.45, 2.75) is 58.6 Å². The molecule has 0 amide bonds. The summed E-state index contributed by atoms with van der Waals surface area (Å²) in [6.45, 7) is 6.96. The molecule has 1 saturated heterocycles. The summed E-state index contributed by atoms with van der Waals surface area (Å²) in [4.78, 5) is 5.49. The molecule has 1 aliphatic heterocycles. The lowest BCUT2D eigenvalue weighted by Gasteiger charge is -2.40. The van der Waals surface area contributed by atoms with Gasteiger partial charge in [-0.15, -0.1) is 0 Å². The molecule has 2 rings (SSSR count). The van der Waals surface area contributed by atoms with E-state index in [1.807, 2.05) is 0 Å². The van der Waals surface area contributed by atoms with Gasteiger partial charge in [0.05, 0.1) is 0 Å². The van der Waals surface area contributed by atoms with Crippen molar-refractivity contribution in [3.05, 3.63) is 0 Å². The summed E-state index contributed by atoms with van der Waals surface area (Å²) in [7, 11) is 0. The van der Waals surface area contributed by atoms with Crippen LogP contribution < -0.4 is 5.48 Å². The van der Waals surface area contributed by atoms with Crippen molar-refractivity contribution in [3.8, 4) is 0 Å². The molecule has 0 aromatic carbocycles. The van der Waals surface area contributed by atoms with Crippen LogP contribution in [0.4, 0.5) is 0 Å². The Labute approximate surface area is 81.0 Å². The van der Waals surface area contributed by atoms with E-state index in [1.54, 1.807) is 0 Å². The molecule has 3 unspecified atom stereocenters. The Balaban J connectivity index is 2.10. The molecule has 0 spiro atoms. The van der Waals surface area contributed by atoms with Crippen LogP contribution in [0.15, 0.2) is 0 Å². The van der Waals surface area contributed by atoms with Gasteiger partial charge in [0.1, 0.15) is 0 Å². The summed E-state index contributed by atoms with van der Waals surface area (Å²) in [5, 5.41) is 0. The molecule has 0 aromatic rings. The van der Waals surface area contributed by atoms with E-state index in [9.17, 15) is 0 Å². The summed E-state index contributed by atoms with van der Waals surface area (Å²) in [5.74, 6) is 0.869. The maximum Gasteiger partial charge on any atom is 0.166 e. The third kappa shape index (κ3) is 1.40. The van der Waals surface area contributed by atoms with Crippen LogP contribution in [0, 0.1) is 11.3 Å². The van der Waals surface area contributed by atoms with Gasteiger partial charge in [-0.2, -0.15) is 5.48 Å². The van der Waals surface area contributed by atoms with Gasteiger partial charge >= 0.3 is 0 Å². The quantitative estimate of drug-likeness (QED) is 0.668. The maximum atomic E-state index is 5.49. The predicted molar refractivity (Wildman–Crippen MR) is 53.0 cm³/mol. The van der Waals surface area contributed by atoms with Crippen molar-refractivity contribution < 1.29 is 4.84 Å². The van der Waals surface area contributed by atoms with Crippen LogP contribution in [0.2, 0.25) is 0 Å². The molecule has 2 aliphatic rings. The summed E-state index contributed by atoms with van der Waals surface area (Å²) in [6, 6.07) is 0. The van der Waals surface area contributed by atoms with Gasteiger partial charge in [0, 0.05) is 5.41 Å². The highest BCUT2D eigenvalue weighted by Gasteiger charge is 2.58. The fraction of sp³-hybridized carbons (Fsp3) is 1.00. The molecule has 76 valence electrons. The highest BCUT2D eigenvalue weighted by atomic mass is 16.8. The van der Waals surface area contributed by atoms with Gasteiger partial charge in [0.2, 0.25) is 0 Å². The van der Waals surface area contributed by atoms with Crippen molar-refractivity contribution in [1.29, 1.82) is 0 Å². The van der Waals surface area contributed by atoms with E-state index in [4.69, 9.17) is 4.84 Å². The largest absolute Gasteiger partial charge is 0.274 e. The monoisotopic (exact) mass is 183 g/mol. The van der Waals surface area contributed by atoms with E-state index in [0.29, 0.717) is 5.41 Å². The number of hydroxylamine groups is 1. The van der Waals surface area contributed by atoms with Gasteiger partial charge in [-0.1, -0.05) is 33.6 Å². The molecule has 1 saturated carbocycles. The first kappa shape index (κ1) is 9.47. The minimum Gasteiger partial charge on any atom is -0.274 e. The molecular weight excluding hydrogens is 162 g/mol. The molecule has 1 heterocycles. The van der Waals surface area contributed by atoms with Crippen molar-refractivity contribution in [1.82, 2.24) is 5.48 Å². The van der Waals surface area contributed by atoms with E-state index < -0.39 is 0 Å². The van der Waals surface area contributed by atoms with E-state index in [0.717, 1.165) is 12.3 Å². The molecule has 0 aromatic heterocycles. The number of hydrogen-bond donors (Lipinski definition) is 1. The molecule has 2 fully saturated rings. The smallest absolute Gasteiger partial charge is 0.166 e. The van der Waals surface area contributed by atoms with Crippen LogP contribution in [0.1, 0.15) is 52.9 Å². The van der Waals surface area contributed by atoms with Gasteiger partial charge in [-0.3, -0.25) is 4.84 Å². The van der Waals surface area contributed by atoms with Crippen molar-refractivity contribution in [3.63, 3.8) is 0 Å². The Hall–Kier alpha value is -0.0800. The molecule has 2 heteroatoms. The average molecular weight is 183 g/mol. The SMILES string of the molecule is CCC1(C2(C)CCCC(C)C2)NO1. The Kier molecular flexibility index (Phi) is 2.16. The van der Waals surface area contributed by atoms with Gasteiger partial charge in [0.15, 0.2) is 5.72 Å². The second-order valence-electron chi connectivity index (χ2n) is 5.15. The van der Waals surface area contributed by atoms with Crippen LogP contribution in [0.25, 0.3) is 0 Å². The van der Waals surface area contributed by atoms with Gasteiger partial charge < -0.3 is 0 Å². The molecule has 13 heavy (non-hydrogen) atoms. The first-order chi connectivity index (χ1) is 6.12. The Morgan fingerprint density at radius 1 is 1.54 bits per heavy atom. The van der Waals surface area contributed by atoms with E-state index in [1.165, 1.54) is 25.7 Å². The number of nitrogens with one attached hydrogen (secondary N) is 1. The summed E-state index contributed by atoms with van der Waals surface area (Å²) >= 11 is 0. The lowest BCUT2D eigenvalue weighted by atomic mass is 9.65. The van der Waals surface area contributed by atoms with E-state index >= 15 is 0 Å². The second-order valence-corrected chi connectivity index (χ2v) is 5.15. The molecular formula is C11H21NO. The van der Waals surface area contributed by atoms with Crippen LogP contribution >= 0.6 is 0 Å². The van der Waals surface area contributed by atoms with Gasteiger partial charge in [-0.05, 0) is 25.2 Å². The average Bonchev–Trinajstić information content (AvgIpc) is 2.83. The third-order valence-corrected chi connectivity index (χ3v) is 4.05. The molecule has 0 bridgehead atoms. The highest BCUT2D eigenvalue weighted by Crippen LogP contribution is 2.52. The molecule has 2 nitrogen and oxygen atoms in total. The minimum absolute atomic E-state index is 0.0294. The topological polar surface area (TPSA) is 34.5 Å². The Morgan fingerprint density at radius 3 is 2.69 bits per heavy atom. The lowest BCUT2D eigenvalue weighted by molar-refractivity contribution is 0.0505. The normalized spacial score (nSPS) is 50.5. The summed E-state index contributed by atoms with van der Waals surface area (Å²) in [6.07, 6.45) is 6.49. The number of hydrogen-bond acceptors (Lipinski definition) is 2. The van der Waals surface area contributed by atoms with Gasteiger partial charge in [0.25, 0.3) is 0 Å². The first-order valence-corrected chi connectivity index (χ1v) is 5.57. The van der Waals surface area contributed by atoms with E-state index in [-0.39, 0.29) is 5.72 Å². The molecule has 0 radical (unpaired) electrons. The summed E-state index contributed by atoms with van der Waals surface area (Å²) < 4.78 is 0. The fourth-order valence-corrected chi connectivity index (χ4v) is 3.06. The standard InChI is InChI=1S/C11H21NO/c1-4-11(12-13-11)10(3)7-5-6-9(2)8-10/h9,12H,4-8H2,1-3H3. The van der Waals surface area contributed by atoms with Gasteiger partial charge in [-0.25, -0.2) is 0 Å². The van der Waals surface area contributed by atoms with Crippen molar-refractivity contribution in [2.24, 2.45) is 11.3 Å². The lowest BCUT2D eigenvalue weighted by Crippen LogP contribution is -2.41. The highest BCUT2D eigenvalue weighted by molar-refractivity contribution is 5.01. The maximum absolute atomic E-state index is 5.49. The fourth-order valence-electron chi connectivity index (χ4n) is 3.06. The van der Waals surface area contributed by atoms with Crippen LogP contribution in [-0.4, -0.2) is 5.72 Å². The second kappa shape index (κ2) is 2.96. The minimum atomic E-state index is 0.0294. The van der Waals surface area contributed by atoms with Crippen LogP contribution in [0.3, 0.4) is 0 Å². The zero-order valence-corrected chi connectivity index (χ0v) is 9.02. The zero-order valence-electron chi connectivity index (χ0n) is 9.02. The van der Waals surface area contributed by atoms with Crippen LogP contribution in [-0.2, 0) is 4.84 Å². The van der Waals surface area contributed by atoms with Crippen molar-refractivity contribution in [2.75, 3.05) is 0 Å². The third-order valence-electron chi connectivity index (χ3n) is 4.05. The van der Waals surface area contributed by atoms with Crippen LogP contribution in [0.5, 0.6) is 0 Å². The Morgan fingerprint density at radius 2 is 2.23 bits per heavy atom. The summed E-state index contributed by atoms with van der Waals surface area (Å²) in [5.41, 5.74) is 3.53. The van der Waals surface area contributed by atoms with E-state index in [2.05, 4.69) is 26.3 Å².